The molecule has 0 amide bonds. The molecule has 1 saturated heterocycles. The van der Waals surface area contributed by atoms with Crippen LogP contribution in [0, 0.1) is 3.57 Å². The lowest BCUT2D eigenvalue weighted by molar-refractivity contribution is -0.166. The number of halogens is 1. The lowest BCUT2D eigenvalue weighted by Crippen LogP contribution is -2.25. The fourth-order valence-electron chi connectivity index (χ4n) is 2.46. The predicted molar refractivity (Wildman–Crippen MR) is 84.5 cm³/mol. The van der Waals surface area contributed by atoms with Crippen LogP contribution in [0.15, 0.2) is 18.7 Å². The lowest BCUT2D eigenvalue weighted by Gasteiger charge is -2.24. The van der Waals surface area contributed by atoms with Crippen LogP contribution in [0.2, 0.25) is 0 Å². The van der Waals surface area contributed by atoms with Crippen LogP contribution in [-0.2, 0) is 9.47 Å². The summed E-state index contributed by atoms with van der Waals surface area (Å²) in [5.41, 5.74) is 0.963. The number of nitrogens with zero attached hydrogens (tertiary/aromatic N) is 3. The molecule has 0 radical (unpaired) electrons. The van der Waals surface area contributed by atoms with Gasteiger partial charge in [0.15, 0.2) is 6.29 Å². The van der Waals surface area contributed by atoms with E-state index in [0.717, 1.165) is 30.5 Å². The van der Waals surface area contributed by atoms with E-state index in [2.05, 4.69) is 50.2 Å². The summed E-state index contributed by atoms with van der Waals surface area (Å²) >= 11 is 2.32. The van der Waals surface area contributed by atoms with Crippen molar-refractivity contribution in [1.29, 1.82) is 0 Å². The minimum atomic E-state index is -0.0401. The van der Waals surface area contributed by atoms with Crippen molar-refractivity contribution in [2.24, 2.45) is 0 Å². The Morgan fingerprint density at radius 2 is 2.45 bits per heavy atom. The molecule has 0 aromatic carbocycles. The van der Waals surface area contributed by atoms with Crippen molar-refractivity contribution in [3.63, 3.8) is 0 Å². The van der Waals surface area contributed by atoms with E-state index < -0.39 is 0 Å². The van der Waals surface area contributed by atoms with Gasteiger partial charge in [-0.3, -0.25) is 0 Å². The molecule has 1 fully saturated rings. The van der Waals surface area contributed by atoms with Crippen molar-refractivity contribution in [1.82, 2.24) is 14.5 Å². The zero-order chi connectivity index (χ0) is 13.9. The summed E-state index contributed by atoms with van der Waals surface area (Å²) in [6.07, 6.45) is 8.85. The van der Waals surface area contributed by atoms with Gasteiger partial charge in [-0.2, -0.15) is 0 Å². The van der Waals surface area contributed by atoms with Gasteiger partial charge in [-0.15, -0.1) is 0 Å². The van der Waals surface area contributed by atoms with Crippen molar-refractivity contribution in [2.45, 2.75) is 38.5 Å². The zero-order valence-electron chi connectivity index (χ0n) is 11.5. The maximum atomic E-state index is 5.87. The first-order chi connectivity index (χ1) is 9.75. The fourth-order valence-corrected chi connectivity index (χ4v) is 3.14. The molecular weight excluding hydrogens is 369 g/mol. The van der Waals surface area contributed by atoms with Gasteiger partial charge in [-0.25, -0.2) is 9.97 Å². The van der Waals surface area contributed by atoms with Crippen LogP contribution < -0.4 is 0 Å². The Kier molecular flexibility index (Phi) is 4.52. The van der Waals surface area contributed by atoms with Gasteiger partial charge in [0.2, 0.25) is 0 Å². The molecule has 0 spiro atoms. The second-order valence-electron chi connectivity index (χ2n) is 5.12. The molecule has 2 atom stereocenters. The third-order valence-corrected chi connectivity index (χ3v) is 4.44. The molecule has 1 aliphatic heterocycles. The molecule has 2 aromatic rings. The Balaban J connectivity index is 1.70. The summed E-state index contributed by atoms with van der Waals surface area (Å²) in [6.45, 7) is 3.59. The van der Waals surface area contributed by atoms with Crippen LogP contribution >= 0.6 is 22.6 Å². The first kappa shape index (κ1) is 14.2. The second-order valence-corrected chi connectivity index (χ2v) is 6.29. The average molecular weight is 387 g/mol. The van der Waals surface area contributed by atoms with E-state index in [1.807, 2.05) is 6.20 Å². The largest absolute Gasteiger partial charge is 0.353 e. The van der Waals surface area contributed by atoms with Crippen molar-refractivity contribution < 1.29 is 9.47 Å². The molecule has 0 N–H and O–H groups in total. The third kappa shape index (κ3) is 2.96. The maximum Gasteiger partial charge on any atom is 0.157 e. The highest BCUT2D eigenvalue weighted by atomic mass is 127. The number of hydrogen-bond donors (Lipinski definition) is 0. The van der Waals surface area contributed by atoms with Gasteiger partial charge in [-0.1, -0.05) is 0 Å². The number of aromatic nitrogens is 3. The minimum absolute atomic E-state index is 0.0401. The normalized spacial score (nSPS) is 21.2. The highest BCUT2D eigenvalue weighted by Crippen LogP contribution is 2.24. The second kappa shape index (κ2) is 6.36. The number of fused-ring (bicyclic) bond motifs is 1. The molecule has 0 saturated carbocycles. The summed E-state index contributed by atoms with van der Waals surface area (Å²) in [5.74, 6) is 0. The molecule has 0 aliphatic carbocycles. The Hall–Kier alpha value is -0.730. The summed E-state index contributed by atoms with van der Waals surface area (Å²) in [6, 6.07) is 0.224. The molecule has 20 heavy (non-hydrogen) atoms. The van der Waals surface area contributed by atoms with Crippen LogP contribution in [0.25, 0.3) is 11.0 Å². The average Bonchev–Trinajstić information content (AvgIpc) is 2.84. The smallest absolute Gasteiger partial charge is 0.157 e. The van der Waals surface area contributed by atoms with Gasteiger partial charge in [0.25, 0.3) is 0 Å². The highest BCUT2D eigenvalue weighted by Gasteiger charge is 2.17. The van der Waals surface area contributed by atoms with E-state index in [1.54, 1.807) is 6.33 Å². The molecule has 2 aromatic heterocycles. The standard InChI is InChI=1S/C14H18IN3O2/c1-10(8-20-13-4-2-3-5-19-13)18-7-12(15)11-6-16-9-17-14(11)18/h6-7,9-10,13H,2-5,8H2,1H3. The maximum absolute atomic E-state index is 5.87. The Morgan fingerprint density at radius 1 is 1.55 bits per heavy atom. The quantitative estimate of drug-likeness (QED) is 0.757. The summed E-state index contributed by atoms with van der Waals surface area (Å²) in [4.78, 5) is 8.46. The van der Waals surface area contributed by atoms with E-state index in [4.69, 9.17) is 9.47 Å². The molecule has 5 nitrogen and oxygen atoms in total. The summed E-state index contributed by atoms with van der Waals surface area (Å²) in [7, 11) is 0. The van der Waals surface area contributed by atoms with E-state index in [1.165, 1.54) is 9.99 Å². The molecule has 2 unspecified atom stereocenters. The van der Waals surface area contributed by atoms with Gasteiger partial charge < -0.3 is 14.0 Å². The zero-order valence-corrected chi connectivity index (χ0v) is 13.6. The first-order valence-electron chi connectivity index (χ1n) is 6.95. The Morgan fingerprint density at radius 3 is 3.25 bits per heavy atom. The topological polar surface area (TPSA) is 49.2 Å². The summed E-state index contributed by atoms with van der Waals surface area (Å²) in [5, 5.41) is 1.09. The van der Waals surface area contributed by atoms with Crippen LogP contribution in [0.1, 0.15) is 32.2 Å². The van der Waals surface area contributed by atoms with Gasteiger partial charge in [-0.05, 0) is 48.8 Å². The van der Waals surface area contributed by atoms with Crippen molar-refractivity contribution in [3.8, 4) is 0 Å². The third-order valence-electron chi connectivity index (χ3n) is 3.58. The molecule has 3 rings (SSSR count). The van der Waals surface area contributed by atoms with Crippen molar-refractivity contribution in [3.05, 3.63) is 22.3 Å². The predicted octanol–water partition coefficient (Wildman–Crippen LogP) is 3.14. The van der Waals surface area contributed by atoms with E-state index in [0.29, 0.717) is 6.61 Å². The van der Waals surface area contributed by atoms with Gasteiger partial charge in [0, 0.05) is 22.6 Å². The first-order valence-corrected chi connectivity index (χ1v) is 8.03. The molecule has 0 bridgehead atoms. The van der Waals surface area contributed by atoms with Crippen LogP contribution in [0.4, 0.5) is 0 Å². The molecule has 6 heteroatoms. The molecule has 1 aliphatic rings. The van der Waals surface area contributed by atoms with Crippen LogP contribution in [0.3, 0.4) is 0 Å². The van der Waals surface area contributed by atoms with Crippen molar-refractivity contribution >= 4 is 33.6 Å². The van der Waals surface area contributed by atoms with Gasteiger partial charge in [0.05, 0.1) is 18.0 Å². The fraction of sp³-hybridized carbons (Fsp3) is 0.571. The molecule has 3 heterocycles. The monoisotopic (exact) mass is 387 g/mol. The Bertz CT molecular complexity index is 581. The van der Waals surface area contributed by atoms with Gasteiger partial charge >= 0.3 is 0 Å². The number of hydrogen-bond acceptors (Lipinski definition) is 4. The summed E-state index contributed by atoms with van der Waals surface area (Å²) < 4.78 is 14.8. The van der Waals surface area contributed by atoms with Crippen LogP contribution in [0.5, 0.6) is 0 Å². The van der Waals surface area contributed by atoms with E-state index >= 15 is 0 Å². The number of ether oxygens (including phenoxy) is 2. The highest BCUT2D eigenvalue weighted by molar-refractivity contribution is 14.1. The van der Waals surface area contributed by atoms with E-state index in [9.17, 15) is 0 Å². The number of rotatable bonds is 4. The Labute approximate surface area is 131 Å². The minimum Gasteiger partial charge on any atom is -0.353 e. The lowest BCUT2D eigenvalue weighted by atomic mass is 10.2. The van der Waals surface area contributed by atoms with Gasteiger partial charge in [0.1, 0.15) is 12.0 Å². The van der Waals surface area contributed by atoms with Crippen LogP contribution in [-0.4, -0.2) is 34.0 Å². The SMILES string of the molecule is CC(COC1CCCCO1)n1cc(I)c2cncnc21. The van der Waals surface area contributed by atoms with Crippen molar-refractivity contribution in [2.75, 3.05) is 13.2 Å². The molecular formula is C14H18IN3O2. The van der Waals surface area contributed by atoms with E-state index in [-0.39, 0.29) is 12.3 Å². The molecule has 108 valence electrons.